The van der Waals surface area contributed by atoms with E-state index in [0.717, 1.165) is 19.6 Å². The summed E-state index contributed by atoms with van der Waals surface area (Å²) < 4.78 is 9.94. The molecule has 0 bridgehead atoms. The number of ether oxygens (including phenoxy) is 2. The molecule has 4 nitrogen and oxygen atoms in total. The van der Waals surface area contributed by atoms with Crippen LogP contribution in [0.1, 0.15) is 13.3 Å². The summed E-state index contributed by atoms with van der Waals surface area (Å²) in [5.74, 6) is -0.172. The van der Waals surface area contributed by atoms with Gasteiger partial charge >= 0.3 is 5.97 Å². The first-order chi connectivity index (χ1) is 6.24. The van der Waals surface area contributed by atoms with Crippen LogP contribution in [0.2, 0.25) is 0 Å². The quantitative estimate of drug-likeness (QED) is 0.582. The van der Waals surface area contributed by atoms with Crippen LogP contribution in [0.25, 0.3) is 0 Å². The number of nitrogens with zero attached hydrogens (tertiary/aromatic N) is 1. The highest BCUT2D eigenvalue weighted by molar-refractivity contribution is 5.71. The third-order valence-corrected chi connectivity index (χ3v) is 2.39. The van der Waals surface area contributed by atoms with E-state index < -0.39 is 0 Å². The summed E-state index contributed by atoms with van der Waals surface area (Å²) in [5.41, 5.74) is 0. The smallest absolute Gasteiger partial charge is 0.319 e. The van der Waals surface area contributed by atoms with Crippen molar-refractivity contribution in [3.63, 3.8) is 0 Å². The summed E-state index contributed by atoms with van der Waals surface area (Å²) in [5, 5.41) is 0. The monoisotopic (exact) mass is 187 g/mol. The Labute approximate surface area is 78.8 Å². The van der Waals surface area contributed by atoms with Crippen LogP contribution in [0.4, 0.5) is 0 Å². The number of rotatable bonds is 2. The van der Waals surface area contributed by atoms with E-state index in [0.29, 0.717) is 19.2 Å². The molecule has 0 saturated carbocycles. The van der Waals surface area contributed by atoms with Crippen molar-refractivity contribution >= 4 is 5.97 Å². The molecule has 1 aliphatic heterocycles. The van der Waals surface area contributed by atoms with Gasteiger partial charge in [0.2, 0.25) is 0 Å². The molecule has 76 valence electrons. The lowest BCUT2D eigenvalue weighted by Crippen LogP contribution is -2.38. The van der Waals surface area contributed by atoms with Gasteiger partial charge in [-0.2, -0.15) is 0 Å². The van der Waals surface area contributed by atoms with Gasteiger partial charge in [0.15, 0.2) is 0 Å². The van der Waals surface area contributed by atoms with Crippen LogP contribution in [0, 0.1) is 0 Å². The SMILES string of the molecule is COC(=O)CN1CCOCCC1C. The first kappa shape index (κ1) is 10.5. The van der Waals surface area contributed by atoms with Gasteiger partial charge in [0.25, 0.3) is 0 Å². The van der Waals surface area contributed by atoms with Gasteiger partial charge in [0.1, 0.15) is 0 Å². The van der Waals surface area contributed by atoms with Crippen LogP contribution < -0.4 is 0 Å². The average molecular weight is 187 g/mol. The predicted molar refractivity (Wildman–Crippen MR) is 48.5 cm³/mol. The van der Waals surface area contributed by atoms with Gasteiger partial charge in [-0.15, -0.1) is 0 Å². The molecule has 0 spiro atoms. The van der Waals surface area contributed by atoms with E-state index in [2.05, 4.69) is 16.6 Å². The Hall–Kier alpha value is -0.610. The van der Waals surface area contributed by atoms with Crippen LogP contribution in [0.15, 0.2) is 0 Å². The van der Waals surface area contributed by atoms with Crippen molar-refractivity contribution in [1.82, 2.24) is 4.90 Å². The molecule has 1 aliphatic rings. The maximum atomic E-state index is 11.0. The Morgan fingerprint density at radius 1 is 1.62 bits per heavy atom. The van der Waals surface area contributed by atoms with E-state index in [9.17, 15) is 4.79 Å². The van der Waals surface area contributed by atoms with Gasteiger partial charge in [0, 0.05) is 19.2 Å². The fourth-order valence-corrected chi connectivity index (χ4v) is 1.41. The van der Waals surface area contributed by atoms with Crippen LogP contribution in [0.5, 0.6) is 0 Å². The molecule has 0 aromatic rings. The molecule has 1 unspecified atom stereocenters. The molecular weight excluding hydrogens is 170 g/mol. The number of carbonyl (C=O) groups excluding carboxylic acids is 1. The lowest BCUT2D eigenvalue weighted by molar-refractivity contribution is -0.142. The van der Waals surface area contributed by atoms with E-state index in [1.165, 1.54) is 7.11 Å². The standard InChI is InChI=1S/C9H17NO3/c1-8-3-5-13-6-4-10(8)7-9(11)12-2/h8H,3-7H2,1-2H3. The second-order valence-corrected chi connectivity index (χ2v) is 3.30. The molecule has 0 aromatic carbocycles. The molecule has 4 heteroatoms. The van der Waals surface area contributed by atoms with Crippen molar-refractivity contribution in [2.45, 2.75) is 19.4 Å². The first-order valence-corrected chi connectivity index (χ1v) is 4.62. The second kappa shape index (κ2) is 5.19. The Kier molecular flexibility index (Phi) is 4.18. The van der Waals surface area contributed by atoms with Crippen molar-refractivity contribution in [3.8, 4) is 0 Å². The minimum atomic E-state index is -0.172. The van der Waals surface area contributed by atoms with Gasteiger partial charge < -0.3 is 9.47 Å². The number of hydrogen-bond donors (Lipinski definition) is 0. The molecule has 0 aromatic heterocycles. The second-order valence-electron chi connectivity index (χ2n) is 3.30. The summed E-state index contributed by atoms with van der Waals surface area (Å²) in [6.07, 6.45) is 0.983. The fraction of sp³-hybridized carbons (Fsp3) is 0.889. The highest BCUT2D eigenvalue weighted by atomic mass is 16.5. The summed E-state index contributed by atoms with van der Waals surface area (Å²) in [6, 6.07) is 0.404. The van der Waals surface area contributed by atoms with Crippen LogP contribution in [-0.2, 0) is 14.3 Å². The largest absolute Gasteiger partial charge is 0.468 e. The maximum absolute atomic E-state index is 11.0. The Bertz CT molecular complexity index is 172. The van der Waals surface area contributed by atoms with Crippen molar-refractivity contribution in [1.29, 1.82) is 0 Å². The minimum Gasteiger partial charge on any atom is -0.468 e. The van der Waals surface area contributed by atoms with Gasteiger partial charge in [0.05, 0.1) is 20.3 Å². The molecule has 0 amide bonds. The van der Waals surface area contributed by atoms with Gasteiger partial charge in [-0.05, 0) is 13.3 Å². The number of methoxy groups -OCH3 is 1. The van der Waals surface area contributed by atoms with E-state index in [-0.39, 0.29) is 5.97 Å². The fourth-order valence-electron chi connectivity index (χ4n) is 1.41. The van der Waals surface area contributed by atoms with Gasteiger partial charge in [-0.25, -0.2) is 0 Å². The highest BCUT2D eigenvalue weighted by Gasteiger charge is 2.19. The minimum absolute atomic E-state index is 0.172. The number of esters is 1. The van der Waals surface area contributed by atoms with Crippen molar-refractivity contribution in [3.05, 3.63) is 0 Å². The maximum Gasteiger partial charge on any atom is 0.319 e. The van der Waals surface area contributed by atoms with Gasteiger partial charge in [-0.1, -0.05) is 0 Å². The molecule has 0 N–H and O–H groups in total. The van der Waals surface area contributed by atoms with E-state index in [1.54, 1.807) is 0 Å². The topological polar surface area (TPSA) is 38.8 Å². The Balaban J connectivity index is 2.40. The van der Waals surface area contributed by atoms with Crippen molar-refractivity contribution < 1.29 is 14.3 Å². The Morgan fingerprint density at radius 2 is 2.38 bits per heavy atom. The normalized spacial score (nSPS) is 25.2. The third kappa shape index (κ3) is 3.32. The van der Waals surface area contributed by atoms with E-state index in [1.807, 2.05) is 0 Å². The summed E-state index contributed by atoms with van der Waals surface area (Å²) in [6.45, 7) is 4.80. The highest BCUT2D eigenvalue weighted by Crippen LogP contribution is 2.07. The molecule has 1 atom stereocenters. The molecule has 0 aliphatic carbocycles. The molecule has 13 heavy (non-hydrogen) atoms. The molecule has 1 saturated heterocycles. The van der Waals surface area contributed by atoms with Crippen molar-refractivity contribution in [2.75, 3.05) is 33.4 Å². The average Bonchev–Trinajstić information content (AvgIpc) is 2.32. The zero-order chi connectivity index (χ0) is 9.68. The van der Waals surface area contributed by atoms with E-state index in [4.69, 9.17) is 4.74 Å². The predicted octanol–water partition coefficient (Wildman–Crippen LogP) is 0.270. The molecular formula is C9H17NO3. The molecule has 1 fully saturated rings. The van der Waals surface area contributed by atoms with Crippen molar-refractivity contribution in [2.24, 2.45) is 0 Å². The number of hydrogen-bond acceptors (Lipinski definition) is 4. The zero-order valence-electron chi connectivity index (χ0n) is 8.28. The first-order valence-electron chi connectivity index (χ1n) is 4.62. The molecule has 0 radical (unpaired) electrons. The zero-order valence-corrected chi connectivity index (χ0v) is 8.28. The molecule has 1 heterocycles. The van der Waals surface area contributed by atoms with Gasteiger partial charge in [-0.3, -0.25) is 9.69 Å². The van der Waals surface area contributed by atoms with Crippen LogP contribution in [-0.4, -0.2) is 50.3 Å². The number of carbonyl (C=O) groups is 1. The lowest BCUT2D eigenvalue weighted by Gasteiger charge is -2.24. The summed E-state index contributed by atoms with van der Waals surface area (Å²) >= 11 is 0. The van der Waals surface area contributed by atoms with Crippen LogP contribution >= 0.6 is 0 Å². The Morgan fingerprint density at radius 3 is 3.08 bits per heavy atom. The third-order valence-electron chi connectivity index (χ3n) is 2.39. The lowest BCUT2D eigenvalue weighted by atomic mass is 10.2. The summed E-state index contributed by atoms with van der Waals surface area (Å²) in [7, 11) is 1.42. The summed E-state index contributed by atoms with van der Waals surface area (Å²) in [4.78, 5) is 13.1. The van der Waals surface area contributed by atoms with Crippen LogP contribution in [0.3, 0.4) is 0 Å². The molecule has 1 rings (SSSR count). The van der Waals surface area contributed by atoms with E-state index >= 15 is 0 Å².